The summed E-state index contributed by atoms with van der Waals surface area (Å²) in [5.74, 6) is -6.04. The number of rotatable bonds is 12. The summed E-state index contributed by atoms with van der Waals surface area (Å²) in [7, 11) is 1.50. The van der Waals surface area contributed by atoms with Crippen LogP contribution in [0.2, 0.25) is 0 Å². The summed E-state index contributed by atoms with van der Waals surface area (Å²) in [6.07, 6.45) is 0. The van der Waals surface area contributed by atoms with Crippen molar-refractivity contribution in [2.45, 2.75) is 125 Å². The standard InChI is InChI=1S/2C6H13NO3.6C5H10O2.2CH3O.2Co.2Yb/c2*8-4-1-7(2-5-9)3-6-10;6*1-5(2,3)4(6)7;2*1-2;;;;/h2*8H,1-6H2;6*1-3H3,(H,6,7);2*1H3;;;;/q2*-2;;;;;;;2*-1;4*+3/p-6. The zero-order valence-electron chi connectivity index (χ0n) is 44.8. The second-order valence-electron chi connectivity index (χ2n) is 19.2. The normalized spacial score (nSPS) is 10.0. The molecule has 0 heterocycles. The van der Waals surface area contributed by atoms with E-state index in [1.807, 2.05) is 0 Å². The topological polar surface area (TPSA) is 426 Å². The Balaban J connectivity index is -0.0000000420. The van der Waals surface area contributed by atoms with Gasteiger partial charge >= 0.3 is 127 Å². The molecule has 0 amide bonds. The molecule has 0 saturated heterocycles. The van der Waals surface area contributed by atoms with Crippen LogP contribution in [-0.4, -0.2) is 149 Å². The van der Waals surface area contributed by atoms with Crippen LogP contribution in [0.1, 0.15) is 125 Å². The van der Waals surface area contributed by atoms with E-state index in [-0.39, 0.29) is 167 Å². The van der Waals surface area contributed by atoms with E-state index in [1.165, 1.54) is 0 Å². The molecule has 0 aromatic heterocycles. The molecule has 26 heteroatoms. The Labute approximate surface area is 517 Å². The number of hydrogen-bond acceptors (Lipinski definition) is 22. The molecule has 0 aliphatic carbocycles. The number of aliphatic hydroxyl groups excluding tert-OH is 2. The van der Waals surface area contributed by atoms with Gasteiger partial charge in [-0.15, -0.1) is 26.4 Å². The maximum absolute atomic E-state index is 10.1. The van der Waals surface area contributed by atoms with Crippen molar-refractivity contribution < 1.29 is 228 Å². The van der Waals surface area contributed by atoms with Crippen LogP contribution in [0.15, 0.2) is 0 Å². The fourth-order valence-electron chi connectivity index (χ4n) is 1.47. The maximum Gasteiger partial charge on any atom is 3.00 e. The van der Waals surface area contributed by atoms with Crippen molar-refractivity contribution in [1.82, 2.24) is 9.80 Å². The van der Waals surface area contributed by atoms with E-state index in [4.69, 9.17) is 20.4 Å². The van der Waals surface area contributed by atoms with Crippen LogP contribution in [0.3, 0.4) is 0 Å². The largest absolute Gasteiger partial charge is 3.00 e. The molecule has 0 aliphatic heterocycles. The summed E-state index contributed by atoms with van der Waals surface area (Å²) in [6, 6.07) is 0. The first-order valence-electron chi connectivity index (χ1n) is 20.5. The number of nitrogens with zero attached hydrogens (tertiary/aromatic N) is 2. The number of aliphatic hydroxyl groups is 2. The minimum Gasteiger partial charge on any atom is -0.857 e. The molecule has 0 unspecified atom stereocenters. The molecular weight excluding hydrogens is 1340 g/mol. The molecule has 0 rings (SSSR count). The predicted molar refractivity (Wildman–Crippen MR) is 225 cm³/mol. The molecular formula is C44H86Co2N2O20Yb2. The molecule has 0 atom stereocenters. The summed E-state index contributed by atoms with van der Waals surface area (Å²) in [6.45, 7) is 30.3. The third-order valence-electron chi connectivity index (χ3n) is 6.14. The van der Waals surface area contributed by atoms with E-state index in [0.717, 1.165) is 14.2 Å². The maximum atomic E-state index is 10.1. The summed E-state index contributed by atoms with van der Waals surface area (Å²) >= 11 is 0. The van der Waals surface area contributed by atoms with E-state index < -0.39 is 68.3 Å². The van der Waals surface area contributed by atoms with Gasteiger partial charge in [0.05, 0.1) is 13.2 Å². The fraction of sp³-hybridized carbons (Fsp3) is 0.864. The molecule has 0 saturated carbocycles. The van der Waals surface area contributed by atoms with Gasteiger partial charge in [-0.1, -0.05) is 125 Å². The molecule has 0 aromatic rings. The van der Waals surface area contributed by atoms with Crippen LogP contribution in [0.4, 0.5) is 0 Å². The molecule has 0 spiro atoms. The van der Waals surface area contributed by atoms with Crippen molar-refractivity contribution >= 4 is 35.8 Å². The molecule has 0 bridgehead atoms. The zero-order valence-corrected chi connectivity index (χ0v) is 50.3. The number of carbonyl (C=O) groups is 6. The van der Waals surface area contributed by atoms with E-state index in [2.05, 4.69) is 0 Å². The van der Waals surface area contributed by atoms with Crippen molar-refractivity contribution in [1.29, 1.82) is 0 Å². The SMILES string of the molecule is CC(C)(C)C(=O)[O-].CC(C)(C)C(=O)[O-].CC(C)(C)C(=O)[O-].CC(C)(C)C(=O)[O-].CC(C)(C)C(=O)[O-].CC(C)(C)C(=O)[O-].C[O-].C[O-].[Co+3].[Co+3].[O-]CCN(CC[O-])CCO.[O-]CCN(CC[O-])CCO.[Yb+3].[Yb+3]. The second kappa shape index (κ2) is 62.0. The van der Waals surface area contributed by atoms with Gasteiger partial charge in [-0.05, 0) is 26.2 Å². The Hall–Kier alpha value is 0.472. The first-order valence-corrected chi connectivity index (χ1v) is 20.5. The summed E-state index contributed by atoms with van der Waals surface area (Å²) in [5, 5.41) is 133. The third kappa shape index (κ3) is 105. The van der Waals surface area contributed by atoms with E-state index >= 15 is 0 Å². The van der Waals surface area contributed by atoms with Crippen LogP contribution < -0.4 is 61.3 Å². The molecule has 2 radical (unpaired) electrons. The van der Waals surface area contributed by atoms with Crippen molar-refractivity contribution in [2.24, 2.45) is 32.5 Å². The molecule has 0 aliphatic rings. The molecule has 0 aromatic carbocycles. The van der Waals surface area contributed by atoms with Crippen LogP contribution >= 0.6 is 0 Å². The van der Waals surface area contributed by atoms with Gasteiger partial charge in [0.25, 0.3) is 0 Å². The van der Waals surface area contributed by atoms with E-state index in [0.29, 0.717) is 39.3 Å². The van der Waals surface area contributed by atoms with Gasteiger partial charge in [0.1, 0.15) is 0 Å². The average molecular weight is 1430 g/mol. The van der Waals surface area contributed by atoms with Gasteiger partial charge in [-0.25, -0.2) is 0 Å². The number of carboxylic acid groups (broad SMARTS) is 6. The van der Waals surface area contributed by atoms with Crippen molar-refractivity contribution in [2.75, 3.05) is 93.1 Å². The summed E-state index contributed by atoms with van der Waals surface area (Å²) in [4.78, 5) is 62.8. The van der Waals surface area contributed by atoms with Gasteiger partial charge in [0.15, 0.2) is 0 Å². The molecule has 2 N–H and O–H groups in total. The van der Waals surface area contributed by atoms with Gasteiger partial charge < -0.3 is 110 Å². The van der Waals surface area contributed by atoms with Crippen molar-refractivity contribution in [3.05, 3.63) is 0 Å². The second-order valence-corrected chi connectivity index (χ2v) is 19.2. The minimum absolute atomic E-state index is 0. The van der Waals surface area contributed by atoms with Crippen molar-refractivity contribution in [3.8, 4) is 0 Å². The number of carboxylic acids is 6. The first-order chi connectivity index (χ1) is 29.4. The third-order valence-corrected chi connectivity index (χ3v) is 6.14. The Morgan fingerprint density at radius 3 is 0.443 bits per heavy atom. The molecule has 70 heavy (non-hydrogen) atoms. The number of carbonyl (C=O) groups excluding carboxylic acids is 6. The number of aliphatic carboxylic acids is 6. The van der Waals surface area contributed by atoms with Gasteiger partial charge in [0.2, 0.25) is 0 Å². The number of hydrogen-bond donors (Lipinski definition) is 2. The molecule has 0 fully saturated rings. The smallest absolute Gasteiger partial charge is 0.857 e. The molecule has 22 nitrogen and oxygen atoms in total. The van der Waals surface area contributed by atoms with Gasteiger partial charge in [0, 0.05) is 81.4 Å². The minimum atomic E-state index is -1.01. The van der Waals surface area contributed by atoms with E-state index in [9.17, 15) is 79.8 Å². The van der Waals surface area contributed by atoms with Crippen LogP contribution in [0.5, 0.6) is 0 Å². The zero-order chi connectivity index (χ0) is 56.1. The Bertz CT molecular complexity index is 951. The Kier molecular flexibility index (Phi) is 94.5. The van der Waals surface area contributed by atoms with Gasteiger partial charge in [-0.3, -0.25) is 0 Å². The van der Waals surface area contributed by atoms with Crippen LogP contribution in [0.25, 0.3) is 0 Å². The Morgan fingerprint density at radius 1 is 0.314 bits per heavy atom. The van der Waals surface area contributed by atoms with Crippen molar-refractivity contribution in [3.63, 3.8) is 0 Å². The Morgan fingerprint density at radius 2 is 0.400 bits per heavy atom. The average Bonchev–Trinajstić information content (AvgIpc) is 3.13. The van der Waals surface area contributed by atoms with Gasteiger partial charge in [-0.2, -0.15) is 14.2 Å². The monoisotopic (exact) mass is 1430 g/mol. The summed E-state index contributed by atoms with van der Waals surface area (Å²) in [5.41, 5.74) is -4.17. The van der Waals surface area contributed by atoms with E-state index in [1.54, 1.807) is 134 Å². The van der Waals surface area contributed by atoms with Crippen LogP contribution in [-0.2, 0) is 62.3 Å². The summed E-state index contributed by atoms with van der Waals surface area (Å²) < 4.78 is 0. The first kappa shape index (κ1) is 107. The quantitative estimate of drug-likeness (QED) is 0.183. The fourth-order valence-corrected chi connectivity index (χ4v) is 1.47. The molecule has 438 valence electrons. The van der Waals surface area contributed by atoms with Crippen LogP contribution in [0, 0.1) is 126 Å². The predicted octanol–water partition coefficient (Wildman–Crippen LogP) is -9.36.